The third-order valence-electron chi connectivity index (χ3n) is 4.54. The second-order valence-electron chi connectivity index (χ2n) is 6.59. The summed E-state index contributed by atoms with van der Waals surface area (Å²) >= 11 is 0. The standard InChI is InChI=1S/C23H17FN2O2/c1-14-12-16-13-18(10-11-21(16)25-14)26-23(28)20-5-3-2-4-19(20)22(27)15-6-8-17(24)9-7-15/h2-13,25H,1H3,(H,26,28). The number of halogens is 1. The Morgan fingerprint density at radius 3 is 2.36 bits per heavy atom. The van der Waals surface area contributed by atoms with Crippen molar-refractivity contribution in [3.05, 3.63) is 101 Å². The predicted molar refractivity (Wildman–Crippen MR) is 107 cm³/mol. The number of nitrogens with one attached hydrogen (secondary N) is 2. The van der Waals surface area contributed by atoms with Crippen LogP contribution in [0.25, 0.3) is 10.9 Å². The molecule has 0 aliphatic rings. The topological polar surface area (TPSA) is 62.0 Å². The van der Waals surface area contributed by atoms with Gasteiger partial charge in [0.2, 0.25) is 0 Å². The van der Waals surface area contributed by atoms with E-state index in [4.69, 9.17) is 0 Å². The van der Waals surface area contributed by atoms with Crippen LogP contribution in [-0.4, -0.2) is 16.7 Å². The van der Waals surface area contributed by atoms with Crippen molar-refractivity contribution < 1.29 is 14.0 Å². The summed E-state index contributed by atoms with van der Waals surface area (Å²) in [6, 6.07) is 19.4. The van der Waals surface area contributed by atoms with E-state index in [-0.39, 0.29) is 22.8 Å². The van der Waals surface area contributed by atoms with Gasteiger partial charge in [0.1, 0.15) is 5.82 Å². The van der Waals surface area contributed by atoms with E-state index >= 15 is 0 Å². The molecule has 0 saturated carbocycles. The number of carbonyl (C=O) groups is 2. The van der Waals surface area contributed by atoms with E-state index in [2.05, 4.69) is 10.3 Å². The van der Waals surface area contributed by atoms with Crippen molar-refractivity contribution in [3.63, 3.8) is 0 Å². The number of rotatable bonds is 4. The lowest BCUT2D eigenvalue weighted by Gasteiger charge is -2.10. The Hall–Kier alpha value is -3.73. The second kappa shape index (κ2) is 7.12. The molecule has 4 rings (SSSR count). The van der Waals surface area contributed by atoms with Gasteiger partial charge >= 0.3 is 0 Å². The number of carbonyl (C=O) groups excluding carboxylic acids is 2. The third-order valence-corrected chi connectivity index (χ3v) is 4.54. The van der Waals surface area contributed by atoms with Gasteiger partial charge < -0.3 is 10.3 Å². The number of anilines is 1. The van der Waals surface area contributed by atoms with Gasteiger partial charge in [-0.15, -0.1) is 0 Å². The van der Waals surface area contributed by atoms with E-state index in [1.165, 1.54) is 24.3 Å². The first-order valence-corrected chi connectivity index (χ1v) is 8.81. The molecule has 5 heteroatoms. The van der Waals surface area contributed by atoms with Crippen LogP contribution in [0.5, 0.6) is 0 Å². The summed E-state index contributed by atoms with van der Waals surface area (Å²) in [5, 5.41) is 3.84. The van der Waals surface area contributed by atoms with Gasteiger partial charge in [0.15, 0.2) is 5.78 Å². The van der Waals surface area contributed by atoms with Gasteiger partial charge in [0, 0.05) is 33.4 Å². The Bertz CT molecular complexity index is 1190. The van der Waals surface area contributed by atoms with Gasteiger partial charge in [-0.05, 0) is 61.5 Å². The minimum atomic E-state index is -0.419. The molecule has 0 radical (unpaired) electrons. The molecule has 0 saturated heterocycles. The molecule has 4 aromatic rings. The summed E-state index contributed by atoms with van der Waals surface area (Å²) in [6.45, 7) is 1.97. The molecule has 1 heterocycles. The highest BCUT2D eigenvalue weighted by atomic mass is 19.1. The number of ketones is 1. The number of hydrogen-bond acceptors (Lipinski definition) is 2. The number of aromatic amines is 1. The minimum Gasteiger partial charge on any atom is -0.359 e. The van der Waals surface area contributed by atoms with Gasteiger partial charge in [-0.1, -0.05) is 18.2 Å². The molecule has 1 aromatic heterocycles. The summed E-state index contributed by atoms with van der Waals surface area (Å²) < 4.78 is 13.1. The summed E-state index contributed by atoms with van der Waals surface area (Å²) in [4.78, 5) is 28.9. The van der Waals surface area contributed by atoms with E-state index in [1.807, 2.05) is 25.1 Å². The zero-order valence-electron chi connectivity index (χ0n) is 15.1. The summed E-state index contributed by atoms with van der Waals surface area (Å²) in [5.41, 5.74) is 3.52. The van der Waals surface area contributed by atoms with Gasteiger partial charge in [0.05, 0.1) is 5.56 Å². The van der Waals surface area contributed by atoms with Crippen molar-refractivity contribution in [2.75, 3.05) is 5.32 Å². The molecule has 3 aromatic carbocycles. The highest BCUT2D eigenvalue weighted by molar-refractivity contribution is 6.17. The Morgan fingerprint density at radius 2 is 1.61 bits per heavy atom. The highest BCUT2D eigenvalue weighted by Gasteiger charge is 2.18. The van der Waals surface area contributed by atoms with Crippen LogP contribution in [0.3, 0.4) is 0 Å². The summed E-state index contributed by atoms with van der Waals surface area (Å²) in [6.07, 6.45) is 0. The molecule has 0 aliphatic heterocycles. The first-order valence-electron chi connectivity index (χ1n) is 8.81. The van der Waals surface area contributed by atoms with Gasteiger partial charge in [0.25, 0.3) is 5.91 Å². The maximum atomic E-state index is 13.1. The first-order chi connectivity index (χ1) is 13.5. The minimum absolute atomic E-state index is 0.266. The van der Waals surface area contributed by atoms with Crippen LogP contribution in [-0.2, 0) is 0 Å². The summed E-state index contributed by atoms with van der Waals surface area (Å²) in [5.74, 6) is -1.13. The molecule has 28 heavy (non-hydrogen) atoms. The zero-order chi connectivity index (χ0) is 19.7. The van der Waals surface area contributed by atoms with Crippen molar-refractivity contribution in [1.29, 1.82) is 0 Å². The number of H-pyrrole nitrogens is 1. The number of amides is 1. The lowest BCUT2D eigenvalue weighted by molar-refractivity contribution is 0.0996. The number of hydrogen-bond donors (Lipinski definition) is 2. The normalized spacial score (nSPS) is 10.8. The SMILES string of the molecule is Cc1cc2cc(NC(=O)c3ccccc3C(=O)c3ccc(F)cc3)ccc2[nH]1. The van der Waals surface area contributed by atoms with Crippen molar-refractivity contribution in [2.24, 2.45) is 0 Å². The van der Waals surface area contributed by atoms with Crippen LogP contribution in [0.4, 0.5) is 10.1 Å². The molecule has 138 valence electrons. The van der Waals surface area contributed by atoms with Crippen LogP contribution in [0.1, 0.15) is 32.0 Å². The Balaban J connectivity index is 1.63. The van der Waals surface area contributed by atoms with E-state index in [0.717, 1.165) is 16.6 Å². The second-order valence-corrected chi connectivity index (χ2v) is 6.59. The largest absolute Gasteiger partial charge is 0.359 e. The molecule has 2 N–H and O–H groups in total. The molecule has 0 unspecified atom stereocenters. The highest BCUT2D eigenvalue weighted by Crippen LogP contribution is 2.22. The van der Waals surface area contributed by atoms with E-state index in [1.54, 1.807) is 30.3 Å². The molecule has 1 amide bonds. The fourth-order valence-electron chi connectivity index (χ4n) is 3.19. The molecule has 0 atom stereocenters. The average molecular weight is 372 g/mol. The van der Waals surface area contributed by atoms with E-state index < -0.39 is 5.82 Å². The van der Waals surface area contributed by atoms with Crippen molar-refractivity contribution in [3.8, 4) is 0 Å². The fraction of sp³-hybridized carbons (Fsp3) is 0.0435. The lowest BCUT2D eigenvalue weighted by atomic mass is 9.98. The molecule has 0 spiro atoms. The van der Waals surface area contributed by atoms with Crippen molar-refractivity contribution in [2.45, 2.75) is 6.92 Å². The predicted octanol–water partition coefficient (Wildman–Crippen LogP) is 5.10. The number of aromatic nitrogens is 1. The molecule has 0 bridgehead atoms. The van der Waals surface area contributed by atoms with Crippen LogP contribution >= 0.6 is 0 Å². The van der Waals surface area contributed by atoms with Gasteiger partial charge in [-0.2, -0.15) is 0 Å². The molecular formula is C23H17FN2O2. The Morgan fingerprint density at radius 1 is 0.893 bits per heavy atom. The lowest BCUT2D eigenvalue weighted by Crippen LogP contribution is -2.17. The van der Waals surface area contributed by atoms with Crippen LogP contribution < -0.4 is 5.32 Å². The molecular weight excluding hydrogens is 355 g/mol. The number of fused-ring (bicyclic) bond motifs is 1. The maximum absolute atomic E-state index is 13.1. The fourth-order valence-corrected chi connectivity index (χ4v) is 3.19. The Kier molecular flexibility index (Phi) is 4.49. The average Bonchev–Trinajstić information content (AvgIpc) is 3.07. The quantitative estimate of drug-likeness (QED) is 0.490. The van der Waals surface area contributed by atoms with Crippen LogP contribution in [0, 0.1) is 12.7 Å². The smallest absolute Gasteiger partial charge is 0.256 e. The van der Waals surface area contributed by atoms with Gasteiger partial charge in [-0.25, -0.2) is 4.39 Å². The number of aryl methyl sites for hydroxylation is 1. The molecule has 0 aliphatic carbocycles. The van der Waals surface area contributed by atoms with Gasteiger partial charge in [-0.3, -0.25) is 9.59 Å². The van der Waals surface area contributed by atoms with Crippen molar-refractivity contribution in [1.82, 2.24) is 4.98 Å². The molecule has 0 fully saturated rings. The van der Waals surface area contributed by atoms with E-state index in [0.29, 0.717) is 11.3 Å². The maximum Gasteiger partial charge on any atom is 0.256 e. The van der Waals surface area contributed by atoms with Crippen LogP contribution in [0.2, 0.25) is 0 Å². The number of benzene rings is 3. The first kappa shape index (κ1) is 17.7. The van der Waals surface area contributed by atoms with Crippen molar-refractivity contribution >= 4 is 28.3 Å². The third kappa shape index (κ3) is 3.42. The zero-order valence-corrected chi connectivity index (χ0v) is 15.1. The summed E-state index contributed by atoms with van der Waals surface area (Å²) in [7, 11) is 0. The monoisotopic (exact) mass is 372 g/mol. The molecule has 4 nitrogen and oxygen atoms in total. The van der Waals surface area contributed by atoms with E-state index in [9.17, 15) is 14.0 Å². The Labute approximate surface area is 161 Å². The van der Waals surface area contributed by atoms with Crippen LogP contribution in [0.15, 0.2) is 72.8 Å².